The molecule has 0 spiro atoms. The molecule has 3 aliphatic heterocycles. The number of carbonyl (C=O) groups is 10. The van der Waals surface area contributed by atoms with Crippen molar-refractivity contribution in [2.75, 3.05) is 51.7 Å². The number of ketones is 2. The minimum absolute atomic E-state index is 0.0165. The summed E-state index contributed by atoms with van der Waals surface area (Å²) in [6, 6.07) is 7.93. The number of fused-ring (bicyclic) bond motifs is 3. The third-order valence-electron chi connectivity index (χ3n) is 15.7. The maximum absolute atomic E-state index is 14.5. The number of nitrogens with two attached hydrogens (primary N) is 1. The zero-order chi connectivity index (χ0) is 60.6. The Morgan fingerprint density at radius 1 is 0.821 bits per heavy atom. The first-order chi connectivity index (χ1) is 40.1. The molecular weight excluding hydrogens is 1090 g/mol. The average Bonchev–Trinajstić information content (AvgIpc) is 0.827. The molecule has 0 saturated carbocycles. The van der Waals surface area contributed by atoms with Crippen LogP contribution in [-0.2, 0) is 56.0 Å². The highest BCUT2D eigenvalue weighted by molar-refractivity contribution is 6.31. The number of nitrogens with one attached hydrogen (secondary N) is 4. The average molecular weight is 1170 g/mol. The molecular formula is C59H72N8O17. The van der Waals surface area contributed by atoms with Crippen LogP contribution >= 0.6 is 0 Å². The number of phenolic OH excluding ortho intramolecular Hbond substituents is 2. The van der Waals surface area contributed by atoms with E-state index < -0.39 is 113 Å². The van der Waals surface area contributed by atoms with Crippen molar-refractivity contribution in [1.29, 1.82) is 0 Å². The largest absolute Gasteiger partial charge is 0.507 e. The predicted octanol–water partition coefficient (Wildman–Crippen LogP) is 3.51. The number of phenols is 2. The molecule has 6 atom stereocenters. The molecule has 3 aromatic carbocycles. The Kier molecular flexibility index (Phi) is 19.7. The summed E-state index contributed by atoms with van der Waals surface area (Å²) < 4.78 is 23.5. The second-order valence-corrected chi connectivity index (χ2v) is 22.0. The summed E-state index contributed by atoms with van der Waals surface area (Å²) in [4.78, 5) is 135. The number of urea groups is 1. The minimum atomic E-state index is -2.26. The fourth-order valence-corrected chi connectivity index (χ4v) is 11.2. The lowest BCUT2D eigenvalue weighted by molar-refractivity contribution is -0.224. The van der Waals surface area contributed by atoms with Gasteiger partial charge >= 0.3 is 12.1 Å². The highest BCUT2D eigenvalue weighted by Crippen LogP contribution is 2.53. The number of aromatic hydroxyl groups is 2. The third kappa shape index (κ3) is 14.0. The molecule has 25 nitrogen and oxygen atoms in total. The number of aliphatic hydroxyl groups is 1. The van der Waals surface area contributed by atoms with E-state index in [9.17, 15) is 63.3 Å². The fourth-order valence-electron chi connectivity index (χ4n) is 11.2. The van der Waals surface area contributed by atoms with Crippen LogP contribution in [0.2, 0.25) is 0 Å². The van der Waals surface area contributed by atoms with Gasteiger partial charge in [0.2, 0.25) is 23.5 Å². The van der Waals surface area contributed by atoms with Gasteiger partial charge in [0.15, 0.2) is 12.1 Å². The van der Waals surface area contributed by atoms with Gasteiger partial charge in [-0.15, -0.1) is 0 Å². The molecule has 8 rings (SSSR count). The molecule has 2 saturated heterocycles. The van der Waals surface area contributed by atoms with Crippen molar-refractivity contribution in [3.8, 4) is 17.2 Å². The first-order valence-corrected chi connectivity index (χ1v) is 28.3. The second-order valence-electron chi connectivity index (χ2n) is 22.0. The molecule has 0 unspecified atom stereocenters. The molecule has 0 aromatic heterocycles. The van der Waals surface area contributed by atoms with Gasteiger partial charge in [-0.25, -0.2) is 9.59 Å². The molecule has 450 valence electrons. The third-order valence-corrected chi connectivity index (χ3v) is 15.7. The van der Waals surface area contributed by atoms with Crippen molar-refractivity contribution in [2.24, 2.45) is 11.7 Å². The SMILES string of the molecule is COc1cccc2c1C(=O)c1c(O)c3c(c(O)c1C2=O)C[C@@](O)(C(=O)N1CCN(C(=O)OCc2ccc(NC(=O)[C@H](CCCNC(N)=O)NC(=O)[C@@H](NC(=O)CCCCCN4C(=O)C=CC4=O)C(C)C)cc2)CC1)C[C@@H]3O[C@H]1CCC[C@H](C)O1. The van der Waals surface area contributed by atoms with E-state index in [2.05, 4.69) is 21.3 Å². The van der Waals surface area contributed by atoms with Crippen molar-refractivity contribution in [1.82, 2.24) is 30.7 Å². The normalized spacial score (nSPS) is 20.8. The van der Waals surface area contributed by atoms with E-state index in [1.807, 2.05) is 6.92 Å². The van der Waals surface area contributed by atoms with Crippen LogP contribution < -0.4 is 31.7 Å². The number of benzene rings is 3. The first-order valence-electron chi connectivity index (χ1n) is 28.3. The molecule has 3 aromatic rings. The molecule has 9 amide bonds. The molecule has 2 aliphatic carbocycles. The molecule has 0 radical (unpaired) electrons. The lowest BCUT2D eigenvalue weighted by atomic mass is 9.72. The Balaban J connectivity index is 0.853. The van der Waals surface area contributed by atoms with Gasteiger partial charge in [-0.05, 0) is 81.5 Å². The molecule has 9 N–H and O–H groups in total. The number of anilines is 1. The topological polar surface area (TPSA) is 352 Å². The van der Waals surface area contributed by atoms with Crippen LogP contribution in [0.3, 0.4) is 0 Å². The number of rotatable bonds is 22. The number of carbonyl (C=O) groups excluding carboxylic acids is 10. The van der Waals surface area contributed by atoms with Crippen molar-refractivity contribution >= 4 is 64.8 Å². The number of methoxy groups -OCH3 is 1. The van der Waals surface area contributed by atoms with Crippen LogP contribution in [-0.4, -0.2) is 166 Å². The number of imide groups is 1. The predicted molar refractivity (Wildman–Crippen MR) is 298 cm³/mol. The van der Waals surface area contributed by atoms with Gasteiger partial charge in [-0.3, -0.25) is 43.3 Å². The van der Waals surface area contributed by atoms with E-state index in [-0.39, 0.29) is 117 Å². The Morgan fingerprint density at radius 2 is 1.51 bits per heavy atom. The molecule has 3 heterocycles. The van der Waals surface area contributed by atoms with Gasteiger partial charge in [0.1, 0.15) is 41.5 Å². The Labute approximate surface area is 484 Å². The van der Waals surface area contributed by atoms with E-state index in [0.29, 0.717) is 36.9 Å². The number of hydrogen-bond acceptors (Lipinski definition) is 17. The number of hydrogen-bond donors (Lipinski definition) is 8. The summed E-state index contributed by atoms with van der Waals surface area (Å²) >= 11 is 0. The van der Waals surface area contributed by atoms with Crippen LogP contribution in [0.5, 0.6) is 17.2 Å². The molecule has 0 bridgehead atoms. The lowest BCUT2D eigenvalue weighted by Gasteiger charge is -2.43. The van der Waals surface area contributed by atoms with Crippen molar-refractivity contribution in [3.63, 3.8) is 0 Å². The molecule has 25 heteroatoms. The summed E-state index contributed by atoms with van der Waals surface area (Å²) in [5.41, 5.74) is 2.59. The van der Waals surface area contributed by atoms with E-state index in [4.69, 9.17) is 24.7 Å². The van der Waals surface area contributed by atoms with E-state index in [1.54, 1.807) is 38.1 Å². The summed E-state index contributed by atoms with van der Waals surface area (Å²) in [7, 11) is 1.33. The minimum Gasteiger partial charge on any atom is -0.507 e. The summed E-state index contributed by atoms with van der Waals surface area (Å²) in [6.45, 7) is 5.51. The van der Waals surface area contributed by atoms with Crippen molar-refractivity contribution in [2.45, 2.75) is 134 Å². The van der Waals surface area contributed by atoms with E-state index in [1.165, 1.54) is 47.3 Å². The maximum atomic E-state index is 14.5. The van der Waals surface area contributed by atoms with E-state index >= 15 is 0 Å². The van der Waals surface area contributed by atoms with Crippen LogP contribution in [0, 0.1) is 5.92 Å². The van der Waals surface area contributed by atoms with Crippen LogP contribution in [0.25, 0.3) is 0 Å². The van der Waals surface area contributed by atoms with Crippen LogP contribution in [0.15, 0.2) is 54.6 Å². The van der Waals surface area contributed by atoms with Crippen molar-refractivity contribution in [3.05, 3.63) is 93.6 Å². The highest BCUT2D eigenvalue weighted by atomic mass is 16.7. The van der Waals surface area contributed by atoms with Crippen LogP contribution in [0.1, 0.15) is 140 Å². The number of ether oxygens (including phenoxy) is 4. The number of piperazine rings is 1. The standard InChI is InChI=1S/C59H72N8O17/c1-32(2)49(64-41(68)15-6-5-7-24-67-42(69)21-22-43(67)70)55(76)63-38(13-10-23-61-57(60)78)54(75)62-35-19-17-34(18-20-35)31-82-58(79)66-27-25-65(26-28-66)56(77)59(80)29-37-46(40(30-59)84-44-16-8-11-33(3)83-44)53(74)48-47(51(37)72)50(71)36-12-9-14-39(81-4)45(36)52(48)73/h9,12,14,17-22,32-33,38,40,44,49,72,74,80H,5-8,10-11,13,15-16,23-31H2,1-4H3,(H,62,75)(H,63,76)(H,64,68)(H3,60,61,78)/t33-,38-,40-,44-,49-,59-/m0/s1. The zero-order valence-electron chi connectivity index (χ0n) is 47.4. The Hall–Kier alpha value is -8.42. The maximum Gasteiger partial charge on any atom is 0.410 e. The lowest BCUT2D eigenvalue weighted by Crippen LogP contribution is -2.58. The molecule has 84 heavy (non-hydrogen) atoms. The number of nitrogens with zero attached hydrogens (tertiary/aromatic N) is 3. The number of unbranched alkanes of at least 4 members (excludes halogenated alkanes) is 2. The quantitative estimate of drug-likeness (QED) is 0.0317. The first kappa shape index (κ1) is 61.6. The number of amides is 9. The summed E-state index contributed by atoms with van der Waals surface area (Å²) in [6.07, 6.45) is 2.31. The van der Waals surface area contributed by atoms with Crippen molar-refractivity contribution < 1.29 is 82.2 Å². The van der Waals surface area contributed by atoms with Gasteiger partial charge in [0.25, 0.3) is 17.7 Å². The van der Waals surface area contributed by atoms with Gasteiger partial charge < -0.3 is 71.1 Å². The number of primary amides is 1. The summed E-state index contributed by atoms with van der Waals surface area (Å²) in [5, 5.41) is 47.0. The van der Waals surface area contributed by atoms with Gasteiger partial charge in [-0.2, -0.15) is 0 Å². The zero-order valence-corrected chi connectivity index (χ0v) is 47.4. The Morgan fingerprint density at radius 3 is 2.18 bits per heavy atom. The smallest absolute Gasteiger partial charge is 0.410 e. The van der Waals surface area contributed by atoms with Gasteiger partial charge in [0, 0.05) is 93.1 Å². The summed E-state index contributed by atoms with van der Waals surface area (Å²) in [5.74, 6) is -6.21. The van der Waals surface area contributed by atoms with Crippen LogP contribution in [0.4, 0.5) is 15.3 Å². The Bertz CT molecular complexity index is 3080. The van der Waals surface area contributed by atoms with Gasteiger partial charge in [-0.1, -0.05) is 44.5 Å². The highest BCUT2D eigenvalue weighted by Gasteiger charge is 2.52. The second kappa shape index (κ2) is 26.9. The van der Waals surface area contributed by atoms with E-state index in [0.717, 1.165) is 17.7 Å². The molecule has 2 fully saturated rings. The van der Waals surface area contributed by atoms with Gasteiger partial charge in [0.05, 0.1) is 36.0 Å². The fraction of sp³-hybridized carbons (Fsp3) is 0.492. The molecule has 5 aliphatic rings. The monoisotopic (exact) mass is 1160 g/mol.